The molecule has 1 aromatic heterocycles. The fraction of sp³-hybridized carbons (Fsp3) is 0.615. The number of furan rings is 1. The maximum Gasteiger partial charge on any atom is 0.222 e. The zero-order valence-corrected chi connectivity index (χ0v) is 11.5. The van der Waals surface area contributed by atoms with Crippen LogP contribution in [0.1, 0.15) is 25.0 Å². The van der Waals surface area contributed by atoms with Gasteiger partial charge in [0.15, 0.2) is 0 Å². The molecule has 1 aliphatic rings. The number of hydrogen-bond donors (Lipinski definition) is 1. The second-order valence-corrected chi connectivity index (χ2v) is 4.73. The first-order chi connectivity index (χ1) is 8.25. The first kappa shape index (κ1) is 15.1. The summed E-state index contributed by atoms with van der Waals surface area (Å²) in [5.74, 6) is 1.60. The van der Waals surface area contributed by atoms with Gasteiger partial charge in [0.25, 0.3) is 0 Å². The van der Waals surface area contributed by atoms with Crippen LogP contribution in [0.3, 0.4) is 0 Å². The molecule has 2 rings (SSSR count). The Labute approximate surface area is 114 Å². The summed E-state index contributed by atoms with van der Waals surface area (Å²) in [5.41, 5.74) is 0. The van der Waals surface area contributed by atoms with Crippen molar-refractivity contribution < 1.29 is 9.21 Å². The molecule has 0 spiro atoms. The largest absolute Gasteiger partial charge is 0.467 e. The van der Waals surface area contributed by atoms with Gasteiger partial charge in [0.2, 0.25) is 5.91 Å². The summed E-state index contributed by atoms with van der Waals surface area (Å²) in [6, 6.07) is 3.74. The molecule has 1 aliphatic heterocycles. The van der Waals surface area contributed by atoms with Crippen LogP contribution in [-0.2, 0) is 11.3 Å². The number of nitrogens with zero attached hydrogens (tertiary/aromatic N) is 1. The molecule has 1 amide bonds. The summed E-state index contributed by atoms with van der Waals surface area (Å²) >= 11 is 0. The Morgan fingerprint density at radius 2 is 2.22 bits per heavy atom. The van der Waals surface area contributed by atoms with E-state index < -0.39 is 0 Å². The highest BCUT2D eigenvalue weighted by molar-refractivity contribution is 5.85. The van der Waals surface area contributed by atoms with Crippen molar-refractivity contribution in [3.05, 3.63) is 24.2 Å². The molecule has 4 nitrogen and oxygen atoms in total. The van der Waals surface area contributed by atoms with E-state index in [0.29, 0.717) is 18.9 Å². The Hall–Kier alpha value is -1.00. The minimum Gasteiger partial charge on any atom is -0.467 e. The summed E-state index contributed by atoms with van der Waals surface area (Å²) in [6.45, 7) is 2.65. The molecule has 18 heavy (non-hydrogen) atoms. The highest BCUT2D eigenvalue weighted by Gasteiger charge is 2.19. The van der Waals surface area contributed by atoms with Gasteiger partial charge < -0.3 is 14.6 Å². The fourth-order valence-electron chi connectivity index (χ4n) is 2.21. The number of amides is 1. The van der Waals surface area contributed by atoms with Crippen LogP contribution in [0.5, 0.6) is 0 Å². The van der Waals surface area contributed by atoms with Crippen molar-refractivity contribution in [3.63, 3.8) is 0 Å². The highest BCUT2D eigenvalue weighted by Crippen LogP contribution is 2.17. The quantitative estimate of drug-likeness (QED) is 0.912. The van der Waals surface area contributed by atoms with E-state index >= 15 is 0 Å². The second-order valence-electron chi connectivity index (χ2n) is 4.73. The van der Waals surface area contributed by atoms with E-state index in [9.17, 15) is 4.79 Å². The molecule has 1 N–H and O–H groups in total. The maximum atomic E-state index is 12.0. The van der Waals surface area contributed by atoms with Crippen molar-refractivity contribution in [1.82, 2.24) is 10.2 Å². The van der Waals surface area contributed by atoms with Crippen molar-refractivity contribution in [2.45, 2.75) is 25.8 Å². The number of hydrogen-bond acceptors (Lipinski definition) is 3. The normalized spacial score (nSPS) is 16.1. The lowest BCUT2D eigenvalue weighted by atomic mass is 9.94. The molecule has 0 saturated carbocycles. The van der Waals surface area contributed by atoms with E-state index in [1.165, 1.54) is 0 Å². The number of nitrogens with one attached hydrogen (secondary N) is 1. The molecule has 1 fully saturated rings. The molecule has 0 radical (unpaired) electrons. The van der Waals surface area contributed by atoms with Gasteiger partial charge in [-0.1, -0.05) is 0 Å². The monoisotopic (exact) mass is 272 g/mol. The van der Waals surface area contributed by atoms with Gasteiger partial charge in [0.1, 0.15) is 5.76 Å². The van der Waals surface area contributed by atoms with Crippen LogP contribution in [-0.4, -0.2) is 30.9 Å². The van der Waals surface area contributed by atoms with Crippen molar-refractivity contribution in [1.29, 1.82) is 0 Å². The predicted molar refractivity (Wildman–Crippen MR) is 72.6 cm³/mol. The maximum absolute atomic E-state index is 12.0. The minimum absolute atomic E-state index is 0. The average molecular weight is 273 g/mol. The summed E-state index contributed by atoms with van der Waals surface area (Å²) < 4.78 is 5.24. The van der Waals surface area contributed by atoms with Crippen LogP contribution in [0.15, 0.2) is 22.8 Å². The second kappa shape index (κ2) is 7.44. The lowest BCUT2D eigenvalue weighted by Gasteiger charge is -2.24. The zero-order chi connectivity index (χ0) is 12.1. The lowest BCUT2D eigenvalue weighted by molar-refractivity contribution is -0.131. The Kier molecular flexibility index (Phi) is 6.22. The zero-order valence-electron chi connectivity index (χ0n) is 10.7. The van der Waals surface area contributed by atoms with Crippen LogP contribution in [0, 0.1) is 5.92 Å². The molecular formula is C13H21ClN2O2. The number of piperidine rings is 1. The van der Waals surface area contributed by atoms with Crippen LogP contribution in [0.2, 0.25) is 0 Å². The van der Waals surface area contributed by atoms with E-state index in [1.54, 1.807) is 11.2 Å². The van der Waals surface area contributed by atoms with E-state index in [2.05, 4.69) is 5.32 Å². The summed E-state index contributed by atoms with van der Waals surface area (Å²) in [6.07, 6.45) is 4.53. The van der Waals surface area contributed by atoms with Gasteiger partial charge in [-0.05, 0) is 44.0 Å². The fourth-order valence-corrected chi connectivity index (χ4v) is 2.21. The molecule has 1 aromatic rings. The standard InChI is InChI=1S/C13H20N2O2.ClH/c1-15(10-12-3-2-8-17-12)13(16)9-11-4-6-14-7-5-11;/h2-3,8,11,14H,4-7,9-10H2,1H3;1H. The van der Waals surface area contributed by atoms with Crippen molar-refractivity contribution in [2.75, 3.05) is 20.1 Å². The Morgan fingerprint density at radius 3 is 2.83 bits per heavy atom. The number of carbonyl (C=O) groups excluding carboxylic acids is 1. The number of halogens is 1. The van der Waals surface area contributed by atoms with Gasteiger partial charge in [-0.15, -0.1) is 12.4 Å². The third kappa shape index (κ3) is 4.35. The predicted octanol–water partition coefficient (Wildman–Crippen LogP) is 2.05. The van der Waals surface area contributed by atoms with Crippen LogP contribution >= 0.6 is 12.4 Å². The third-order valence-corrected chi connectivity index (χ3v) is 3.32. The van der Waals surface area contributed by atoms with Crippen LogP contribution < -0.4 is 5.32 Å². The molecule has 0 aromatic carbocycles. The third-order valence-electron chi connectivity index (χ3n) is 3.32. The van der Waals surface area contributed by atoms with Gasteiger partial charge in [0, 0.05) is 13.5 Å². The Balaban J connectivity index is 0.00000162. The molecule has 102 valence electrons. The van der Waals surface area contributed by atoms with Crippen molar-refractivity contribution in [2.24, 2.45) is 5.92 Å². The molecule has 0 unspecified atom stereocenters. The van der Waals surface area contributed by atoms with Gasteiger partial charge in [-0.3, -0.25) is 4.79 Å². The van der Waals surface area contributed by atoms with E-state index in [-0.39, 0.29) is 18.3 Å². The molecule has 1 saturated heterocycles. The molecule has 0 atom stereocenters. The molecule has 0 aliphatic carbocycles. The molecule has 0 bridgehead atoms. The Bertz CT molecular complexity index is 348. The van der Waals surface area contributed by atoms with Gasteiger partial charge in [-0.2, -0.15) is 0 Å². The number of carbonyl (C=O) groups is 1. The van der Waals surface area contributed by atoms with Crippen LogP contribution in [0.25, 0.3) is 0 Å². The smallest absolute Gasteiger partial charge is 0.222 e. The molecule has 5 heteroatoms. The van der Waals surface area contributed by atoms with E-state index in [0.717, 1.165) is 31.7 Å². The van der Waals surface area contributed by atoms with Crippen molar-refractivity contribution in [3.8, 4) is 0 Å². The summed E-state index contributed by atoms with van der Waals surface area (Å²) in [5, 5.41) is 3.31. The minimum atomic E-state index is 0. The first-order valence-electron chi connectivity index (χ1n) is 6.23. The van der Waals surface area contributed by atoms with Gasteiger partial charge in [-0.25, -0.2) is 0 Å². The highest BCUT2D eigenvalue weighted by atomic mass is 35.5. The van der Waals surface area contributed by atoms with E-state index in [4.69, 9.17) is 4.42 Å². The molecular weight excluding hydrogens is 252 g/mol. The summed E-state index contributed by atoms with van der Waals surface area (Å²) in [4.78, 5) is 13.8. The molecule has 2 heterocycles. The van der Waals surface area contributed by atoms with Crippen LogP contribution in [0.4, 0.5) is 0 Å². The number of rotatable bonds is 4. The topological polar surface area (TPSA) is 45.5 Å². The van der Waals surface area contributed by atoms with Crippen molar-refractivity contribution >= 4 is 18.3 Å². The lowest BCUT2D eigenvalue weighted by Crippen LogP contribution is -2.33. The van der Waals surface area contributed by atoms with Gasteiger partial charge >= 0.3 is 0 Å². The first-order valence-corrected chi connectivity index (χ1v) is 6.23. The average Bonchev–Trinajstić information content (AvgIpc) is 2.83. The SMILES string of the molecule is CN(Cc1ccco1)C(=O)CC1CCNCC1.Cl. The summed E-state index contributed by atoms with van der Waals surface area (Å²) in [7, 11) is 1.84. The van der Waals surface area contributed by atoms with E-state index in [1.807, 2.05) is 19.2 Å². The Morgan fingerprint density at radius 1 is 1.50 bits per heavy atom. The van der Waals surface area contributed by atoms with Gasteiger partial charge in [0.05, 0.1) is 12.8 Å².